The van der Waals surface area contributed by atoms with E-state index in [4.69, 9.17) is 27.9 Å². The van der Waals surface area contributed by atoms with Crippen LogP contribution in [0.1, 0.15) is 38.6 Å². The zero-order chi connectivity index (χ0) is 15.7. The predicted molar refractivity (Wildman–Crippen MR) is 104 cm³/mol. The van der Waals surface area contributed by atoms with Gasteiger partial charge in [0, 0.05) is 30.5 Å². The van der Waals surface area contributed by atoms with Crippen LogP contribution < -0.4 is 0 Å². The quantitative estimate of drug-likeness (QED) is 0.493. The zero-order valence-electron chi connectivity index (χ0n) is 12.5. The summed E-state index contributed by atoms with van der Waals surface area (Å²) in [6.45, 7) is 8.14. The minimum Gasteiger partial charge on any atom is -0.381 e. The third-order valence-electron chi connectivity index (χ3n) is 2.63. The van der Waals surface area contributed by atoms with Crippen molar-refractivity contribution in [2.45, 2.75) is 42.0 Å². The van der Waals surface area contributed by atoms with E-state index in [0.29, 0.717) is 9.62 Å². The summed E-state index contributed by atoms with van der Waals surface area (Å²) in [5.41, 5.74) is 1.13. The van der Waals surface area contributed by atoms with Crippen molar-refractivity contribution in [3.63, 3.8) is 0 Å². The Morgan fingerprint density at radius 3 is 2.04 bits per heavy atom. The molecular weight excluding hydrogens is 351 g/mol. The third-order valence-corrected chi connectivity index (χ3v) is 3.88. The Bertz CT molecular complexity index is 474. The average molecular weight is 379 g/mol. The van der Waals surface area contributed by atoms with Gasteiger partial charge in [-0.25, -0.2) is 9.97 Å². The molecule has 0 radical (unpaired) electrons. The van der Waals surface area contributed by atoms with Gasteiger partial charge in [0.2, 0.25) is 0 Å². The number of ether oxygens (including phenoxy) is 1. The van der Waals surface area contributed by atoms with Gasteiger partial charge in [0.15, 0.2) is 4.47 Å². The number of hydrogen-bond acceptors (Lipinski definition) is 4. The second-order valence-corrected chi connectivity index (χ2v) is 7.06. The van der Waals surface area contributed by atoms with Crippen LogP contribution in [0.15, 0.2) is 24.5 Å². The molecule has 1 aliphatic heterocycles. The molecule has 23 heavy (non-hydrogen) atoms. The van der Waals surface area contributed by atoms with E-state index in [2.05, 4.69) is 16.9 Å². The molecule has 2 aromatic heterocycles. The highest BCUT2D eigenvalue weighted by Crippen LogP contribution is 2.15. The summed E-state index contributed by atoms with van der Waals surface area (Å²) < 4.78 is 5.68. The fraction of sp³-hybridized carbons (Fsp3) is 0.529. The van der Waals surface area contributed by atoms with E-state index in [-0.39, 0.29) is 14.9 Å². The molecule has 0 amide bonds. The van der Waals surface area contributed by atoms with E-state index in [9.17, 15) is 0 Å². The molecule has 6 heteroatoms. The van der Waals surface area contributed by atoms with Crippen LogP contribution in [-0.2, 0) is 4.74 Å². The SMILES string of the molecule is C.C.CC1CCOC1.Cc1ccc(Cl)nc1.Cc1cnc(Cl)s1. The maximum atomic E-state index is 5.50. The molecule has 3 nitrogen and oxygen atoms in total. The van der Waals surface area contributed by atoms with Gasteiger partial charge in [0.1, 0.15) is 5.15 Å². The Morgan fingerprint density at radius 1 is 1.13 bits per heavy atom. The van der Waals surface area contributed by atoms with Gasteiger partial charge in [-0.2, -0.15) is 0 Å². The molecule has 1 saturated heterocycles. The number of aryl methyl sites for hydroxylation is 2. The highest BCUT2D eigenvalue weighted by Gasteiger charge is 2.07. The molecule has 3 rings (SSSR count). The van der Waals surface area contributed by atoms with Crippen LogP contribution in [0.2, 0.25) is 9.62 Å². The summed E-state index contributed by atoms with van der Waals surface area (Å²) >= 11 is 12.5. The fourth-order valence-electron chi connectivity index (χ4n) is 1.43. The molecule has 1 aliphatic rings. The van der Waals surface area contributed by atoms with Gasteiger partial charge in [-0.05, 0) is 37.8 Å². The van der Waals surface area contributed by atoms with E-state index in [1.54, 1.807) is 18.5 Å². The van der Waals surface area contributed by atoms with Crippen LogP contribution >= 0.6 is 34.5 Å². The molecule has 0 N–H and O–H groups in total. The topological polar surface area (TPSA) is 35.0 Å². The zero-order valence-corrected chi connectivity index (χ0v) is 14.8. The van der Waals surface area contributed by atoms with Crippen molar-refractivity contribution >= 4 is 34.5 Å². The Morgan fingerprint density at radius 2 is 1.83 bits per heavy atom. The summed E-state index contributed by atoms with van der Waals surface area (Å²) in [6, 6.07) is 3.70. The summed E-state index contributed by atoms with van der Waals surface area (Å²) in [7, 11) is 0. The largest absolute Gasteiger partial charge is 0.381 e. The maximum Gasteiger partial charge on any atom is 0.183 e. The maximum absolute atomic E-state index is 5.50. The van der Waals surface area contributed by atoms with Crippen molar-refractivity contribution in [3.05, 3.63) is 44.6 Å². The Balaban J connectivity index is 0. The molecule has 132 valence electrons. The van der Waals surface area contributed by atoms with Crippen LogP contribution in [0.5, 0.6) is 0 Å². The average Bonchev–Trinajstić information content (AvgIpc) is 3.06. The Labute approximate surface area is 155 Å². The molecule has 3 heterocycles. The number of rotatable bonds is 0. The number of pyridine rings is 1. The third kappa shape index (κ3) is 12.4. The van der Waals surface area contributed by atoms with Crippen molar-refractivity contribution in [1.29, 1.82) is 0 Å². The standard InChI is InChI=1S/C6H6ClN.C5H10O.C4H4ClNS.2CH4/c1-5-2-3-6(7)8-4-5;1-5-2-3-6-4-5;1-3-2-6-4(5)7-3;;/h2-4H,1H3;5H,2-4H2,1H3;2H,1H3;2*1H4. The van der Waals surface area contributed by atoms with Crippen molar-refractivity contribution in [2.75, 3.05) is 13.2 Å². The second-order valence-electron chi connectivity index (χ2n) is 4.85. The van der Waals surface area contributed by atoms with Crippen LogP contribution in [0.25, 0.3) is 0 Å². The molecule has 1 unspecified atom stereocenters. The Kier molecular flexibility index (Phi) is 14.7. The highest BCUT2D eigenvalue weighted by atomic mass is 35.5. The van der Waals surface area contributed by atoms with Gasteiger partial charge in [0.05, 0.1) is 0 Å². The first kappa shape index (κ1) is 24.6. The van der Waals surface area contributed by atoms with Crippen molar-refractivity contribution in [3.8, 4) is 0 Å². The van der Waals surface area contributed by atoms with Crippen molar-refractivity contribution in [1.82, 2.24) is 9.97 Å². The van der Waals surface area contributed by atoms with Gasteiger partial charge >= 0.3 is 0 Å². The normalized spacial score (nSPS) is 15.1. The number of hydrogen-bond donors (Lipinski definition) is 0. The van der Waals surface area contributed by atoms with Crippen LogP contribution in [0.4, 0.5) is 0 Å². The van der Waals surface area contributed by atoms with Crippen LogP contribution in [0.3, 0.4) is 0 Å². The lowest BCUT2D eigenvalue weighted by molar-refractivity contribution is 0.188. The number of aromatic nitrogens is 2. The molecule has 1 fully saturated rings. The molecular formula is C17H28Cl2N2OS. The molecule has 0 spiro atoms. The highest BCUT2D eigenvalue weighted by molar-refractivity contribution is 7.15. The van der Waals surface area contributed by atoms with Crippen LogP contribution in [0, 0.1) is 19.8 Å². The lowest BCUT2D eigenvalue weighted by Gasteiger charge is -1.89. The molecule has 0 aliphatic carbocycles. The van der Waals surface area contributed by atoms with Crippen molar-refractivity contribution in [2.24, 2.45) is 5.92 Å². The first-order valence-corrected chi connectivity index (χ1v) is 8.28. The smallest absolute Gasteiger partial charge is 0.183 e. The number of nitrogens with zero attached hydrogens (tertiary/aromatic N) is 2. The van der Waals surface area contributed by atoms with E-state index in [1.807, 2.05) is 19.9 Å². The second kappa shape index (κ2) is 13.7. The number of halogens is 2. The molecule has 0 aromatic carbocycles. The summed E-state index contributed by atoms with van der Waals surface area (Å²) in [6.07, 6.45) is 4.76. The fourth-order valence-corrected chi connectivity index (χ4v) is 2.43. The van der Waals surface area contributed by atoms with Gasteiger partial charge in [-0.15, -0.1) is 11.3 Å². The molecule has 2 aromatic rings. The van der Waals surface area contributed by atoms with E-state index >= 15 is 0 Å². The predicted octanol–water partition coefficient (Wildman–Crippen LogP) is 6.46. The molecule has 1 atom stereocenters. The summed E-state index contributed by atoms with van der Waals surface area (Å²) in [5, 5.41) is 0.551. The van der Waals surface area contributed by atoms with Gasteiger partial charge in [-0.1, -0.05) is 51.0 Å². The number of thiazole rings is 1. The monoisotopic (exact) mass is 378 g/mol. The first-order valence-electron chi connectivity index (χ1n) is 6.71. The summed E-state index contributed by atoms with van der Waals surface area (Å²) in [5.74, 6) is 0.824. The lowest BCUT2D eigenvalue weighted by Crippen LogP contribution is -1.88. The Hall–Kier alpha value is -0.680. The van der Waals surface area contributed by atoms with E-state index < -0.39 is 0 Å². The minimum absolute atomic E-state index is 0. The minimum atomic E-state index is 0. The van der Waals surface area contributed by atoms with E-state index in [1.165, 1.54) is 17.8 Å². The van der Waals surface area contributed by atoms with Gasteiger partial charge in [-0.3, -0.25) is 0 Å². The molecule has 0 bridgehead atoms. The summed E-state index contributed by atoms with van der Waals surface area (Å²) in [4.78, 5) is 8.80. The van der Waals surface area contributed by atoms with Crippen LogP contribution in [-0.4, -0.2) is 23.2 Å². The van der Waals surface area contributed by atoms with Crippen molar-refractivity contribution < 1.29 is 4.74 Å². The van der Waals surface area contributed by atoms with Gasteiger partial charge in [0.25, 0.3) is 0 Å². The first-order chi connectivity index (χ1) is 9.97. The van der Waals surface area contributed by atoms with Gasteiger partial charge < -0.3 is 4.74 Å². The van der Waals surface area contributed by atoms with E-state index in [0.717, 1.165) is 29.6 Å². The molecule has 0 saturated carbocycles. The lowest BCUT2D eigenvalue weighted by atomic mass is 10.2.